The number of benzene rings is 1. The minimum atomic E-state index is -0.435. The van der Waals surface area contributed by atoms with Gasteiger partial charge in [-0.25, -0.2) is 9.37 Å². The third kappa shape index (κ3) is 1.68. The lowest BCUT2D eigenvalue weighted by Gasteiger charge is -2.04. The number of nitrogen functional groups attached to an aromatic ring is 1. The van der Waals surface area contributed by atoms with Crippen molar-refractivity contribution in [2.24, 2.45) is 7.05 Å². The van der Waals surface area contributed by atoms with Gasteiger partial charge in [0, 0.05) is 12.6 Å². The highest BCUT2D eigenvalue weighted by molar-refractivity contribution is 6.31. The summed E-state index contributed by atoms with van der Waals surface area (Å²) in [6, 6.07) is 4.51. The van der Waals surface area contributed by atoms with Crippen LogP contribution in [0.1, 0.15) is 0 Å². The third-order valence-electron chi connectivity index (χ3n) is 2.24. The molecule has 2 aromatic rings. The van der Waals surface area contributed by atoms with Crippen LogP contribution in [-0.2, 0) is 7.05 Å². The van der Waals surface area contributed by atoms with Crippen molar-refractivity contribution in [1.29, 1.82) is 0 Å². The molecule has 0 bridgehead atoms. The molecular weight excluding hydrogens is 217 g/mol. The summed E-state index contributed by atoms with van der Waals surface area (Å²) in [5, 5.41) is 0.0901. The Morgan fingerprint density at radius 3 is 2.73 bits per heavy atom. The van der Waals surface area contributed by atoms with Gasteiger partial charge in [-0.2, -0.15) is 0 Å². The Hall–Kier alpha value is -1.55. The van der Waals surface area contributed by atoms with Gasteiger partial charge in [0.1, 0.15) is 5.82 Å². The number of imidazole rings is 1. The van der Waals surface area contributed by atoms with Gasteiger partial charge in [0.2, 0.25) is 0 Å². The summed E-state index contributed by atoms with van der Waals surface area (Å²) in [5.74, 6) is -0.0268. The molecule has 5 heteroatoms. The first kappa shape index (κ1) is 9.98. The molecule has 0 amide bonds. The highest BCUT2D eigenvalue weighted by atomic mass is 35.5. The summed E-state index contributed by atoms with van der Waals surface area (Å²) in [5.41, 5.74) is 7.18. The summed E-state index contributed by atoms with van der Waals surface area (Å²) in [4.78, 5) is 3.95. The highest BCUT2D eigenvalue weighted by Gasteiger charge is 2.08. The number of rotatable bonds is 1. The second-order valence-corrected chi connectivity index (χ2v) is 3.60. The van der Waals surface area contributed by atoms with Crippen LogP contribution >= 0.6 is 11.6 Å². The number of aromatic nitrogens is 2. The second-order valence-electron chi connectivity index (χ2n) is 3.19. The van der Waals surface area contributed by atoms with Crippen molar-refractivity contribution in [3.05, 3.63) is 35.2 Å². The molecule has 2 N–H and O–H groups in total. The van der Waals surface area contributed by atoms with E-state index in [2.05, 4.69) is 4.98 Å². The number of anilines is 1. The molecule has 2 rings (SSSR count). The number of hydrogen-bond donors (Lipinski definition) is 1. The largest absolute Gasteiger partial charge is 0.369 e. The van der Waals surface area contributed by atoms with Crippen molar-refractivity contribution in [3.8, 4) is 11.3 Å². The van der Waals surface area contributed by atoms with Crippen molar-refractivity contribution in [1.82, 2.24) is 9.55 Å². The molecule has 0 fully saturated rings. The van der Waals surface area contributed by atoms with Crippen LogP contribution in [0.4, 0.5) is 10.3 Å². The van der Waals surface area contributed by atoms with E-state index in [9.17, 15) is 4.39 Å². The van der Waals surface area contributed by atoms with Crippen LogP contribution in [0.15, 0.2) is 24.4 Å². The molecule has 78 valence electrons. The van der Waals surface area contributed by atoms with E-state index < -0.39 is 5.82 Å². The summed E-state index contributed by atoms with van der Waals surface area (Å²) in [6.45, 7) is 0. The van der Waals surface area contributed by atoms with E-state index in [-0.39, 0.29) is 5.02 Å². The van der Waals surface area contributed by atoms with E-state index in [0.717, 1.165) is 11.3 Å². The van der Waals surface area contributed by atoms with Gasteiger partial charge >= 0.3 is 0 Å². The normalized spacial score (nSPS) is 10.6. The molecule has 15 heavy (non-hydrogen) atoms. The average molecular weight is 226 g/mol. The van der Waals surface area contributed by atoms with Crippen LogP contribution in [-0.4, -0.2) is 9.55 Å². The molecule has 1 aromatic heterocycles. The Morgan fingerprint density at radius 1 is 1.47 bits per heavy atom. The van der Waals surface area contributed by atoms with Crippen molar-refractivity contribution in [3.63, 3.8) is 0 Å². The van der Waals surface area contributed by atoms with Crippen LogP contribution in [0, 0.1) is 5.82 Å². The van der Waals surface area contributed by atoms with Crippen molar-refractivity contribution >= 4 is 17.5 Å². The zero-order valence-corrected chi connectivity index (χ0v) is 8.79. The van der Waals surface area contributed by atoms with Crippen LogP contribution in [0.3, 0.4) is 0 Å². The van der Waals surface area contributed by atoms with E-state index in [0.29, 0.717) is 5.95 Å². The fourth-order valence-corrected chi connectivity index (χ4v) is 1.53. The summed E-state index contributed by atoms with van der Waals surface area (Å²) in [7, 11) is 1.79. The van der Waals surface area contributed by atoms with E-state index in [4.69, 9.17) is 17.3 Å². The fourth-order valence-electron chi connectivity index (χ4n) is 1.35. The molecule has 3 nitrogen and oxygen atoms in total. The maximum absolute atomic E-state index is 12.9. The quantitative estimate of drug-likeness (QED) is 0.810. The number of nitrogens with zero attached hydrogens (tertiary/aromatic N) is 2. The van der Waals surface area contributed by atoms with Gasteiger partial charge in [0.15, 0.2) is 5.95 Å². The van der Waals surface area contributed by atoms with Crippen molar-refractivity contribution in [2.75, 3.05) is 5.73 Å². The molecular formula is C10H9ClFN3. The Labute approximate surface area is 91.3 Å². The Kier molecular flexibility index (Phi) is 2.36. The maximum atomic E-state index is 12.9. The second kappa shape index (κ2) is 3.55. The summed E-state index contributed by atoms with van der Waals surface area (Å²) < 4.78 is 14.7. The zero-order valence-electron chi connectivity index (χ0n) is 8.04. The molecule has 0 aliphatic heterocycles. The van der Waals surface area contributed by atoms with E-state index in [1.54, 1.807) is 29.9 Å². The fraction of sp³-hybridized carbons (Fsp3) is 0.100. The molecule has 0 saturated carbocycles. The molecule has 0 radical (unpaired) electrons. The van der Waals surface area contributed by atoms with Crippen LogP contribution in [0.25, 0.3) is 11.3 Å². The summed E-state index contributed by atoms with van der Waals surface area (Å²) >= 11 is 5.69. The molecule has 0 atom stereocenters. The van der Waals surface area contributed by atoms with Crippen LogP contribution in [0.5, 0.6) is 0 Å². The van der Waals surface area contributed by atoms with Crippen LogP contribution < -0.4 is 5.73 Å². The van der Waals surface area contributed by atoms with Gasteiger partial charge in [-0.3, -0.25) is 0 Å². The minimum Gasteiger partial charge on any atom is -0.369 e. The smallest absolute Gasteiger partial charge is 0.200 e. The first-order valence-corrected chi connectivity index (χ1v) is 4.70. The Balaban J connectivity index is 2.55. The van der Waals surface area contributed by atoms with Crippen molar-refractivity contribution in [2.45, 2.75) is 0 Å². The molecule has 1 aromatic carbocycles. The first-order chi connectivity index (χ1) is 7.09. The highest BCUT2D eigenvalue weighted by Crippen LogP contribution is 2.25. The molecule has 0 unspecified atom stereocenters. The number of hydrogen-bond acceptors (Lipinski definition) is 2. The summed E-state index contributed by atoms with van der Waals surface area (Å²) in [6.07, 6.45) is 1.62. The molecule has 0 saturated heterocycles. The van der Waals surface area contributed by atoms with Gasteiger partial charge in [0.25, 0.3) is 0 Å². The van der Waals surface area contributed by atoms with E-state index in [1.807, 2.05) is 0 Å². The predicted molar refractivity (Wildman–Crippen MR) is 58.0 cm³/mol. The van der Waals surface area contributed by atoms with Gasteiger partial charge in [-0.1, -0.05) is 11.6 Å². The van der Waals surface area contributed by atoms with E-state index in [1.165, 1.54) is 6.07 Å². The molecule has 0 spiro atoms. The maximum Gasteiger partial charge on any atom is 0.200 e. The number of nitrogens with two attached hydrogens (primary N) is 1. The lowest BCUT2D eigenvalue weighted by molar-refractivity contribution is 0.628. The molecule has 0 aliphatic rings. The van der Waals surface area contributed by atoms with Gasteiger partial charge in [-0.05, 0) is 18.2 Å². The first-order valence-electron chi connectivity index (χ1n) is 4.32. The third-order valence-corrected chi connectivity index (χ3v) is 2.53. The average Bonchev–Trinajstić information content (AvgIpc) is 2.53. The van der Waals surface area contributed by atoms with Gasteiger partial charge in [-0.15, -0.1) is 0 Å². The van der Waals surface area contributed by atoms with Crippen molar-refractivity contribution < 1.29 is 4.39 Å². The molecule has 0 aliphatic carbocycles. The van der Waals surface area contributed by atoms with Gasteiger partial charge < -0.3 is 10.3 Å². The van der Waals surface area contributed by atoms with Crippen LogP contribution in [0.2, 0.25) is 5.02 Å². The number of halogens is 2. The standard InChI is InChI=1S/C10H9ClFN3/c1-15-9(5-14-10(15)13)6-2-3-8(12)7(11)4-6/h2-5H,1H3,(H2,13,14). The Morgan fingerprint density at radius 2 is 2.20 bits per heavy atom. The lowest BCUT2D eigenvalue weighted by atomic mass is 10.1. The van der Waals surface area contributed by atoms with Gasteiger partial charge in [0.05, 0.1) is 16.9 Å². The monoisotopic (exact) mass is 225 g/mol. The SMILES string of the molecule is Cn1c(-c2ccc(F)c(Cl)c2)cnc1N. The zero-order chi connectivity index (χ0) is 11.0. The molecule has 1 heterocycles. The Bertz CT molecular complexity index is 507. The van der Waals surface area contributed by atoms with E-state index >= 15 is 0 Å². The minimum absolute atomic E-state index is 0.0901. The lowest BCUT2D eigenvalue weighted by Crippen LogP contribution is -1.98. The topological polar surface area (TPSA) is 43.8 Å². The predicted octanol–water partition coefficient (Wildman–Crippen LogP) is 2.46.